The van der Waals surface area contributed by atoms with E-state index >= 15 is 0 Å². The highest BCUT2D eigenvalue weighted by Crippen LogP contribution is 2.28. The quantitative estimate of drug-likeness (QED) is 0.448. The second-order valence-corrected chi connectivity index (χ2v) is 5.63. The molecule has 0 aliphatic carbocycles. The third-order valence-corrected chi connectivity index (χ3v) is 4.06. The molecule has 2 aromatic heterocycles. The van der Waals surface area contributed by atoms with E-state index in [1.54, 1.807) is 48.7 Å². The lowest BCUT2D eigenvalue weighted by atomic mass is 10.1. The van der Waals surface area contributed by atoms with Gasteiger partial charge in [0.05, 0.1) is 21.6 Å². The third kappa shape index (κ3) is 2.61. The van der Waals surface area contributed by atoms with Gasteiger partial charge in [0.15, 0.2) is 0 Å². The van der Waals surface area contributed by atoms with Crippen LogP contribution < -0.4 is 5.32 Å². The van der Waals surface area contributed by atoms with Crippen LogP contribution in [0.3, 0.4) is 0 Å². The second-order valence-electron chi connectivity index (χ2n) is 5.63. The van der Waals surface area contributed by atoms with Crippen LogP contribution >= 0.6 is 0 Å². The Hall–Kier alpha value is -3.87. The largest absolute Gasteiger partial charge is 0.320 e. The molecule has 4 aromatic rings. The number of para-hydroxylation sites is 2. The highest BCUT2D eigenvalue weighted by Gasteiger charge is 2.24. The zero-order chi connectivity index (χ0) is 18.1. The first-order chi connectivity index (χ1) is 12.6. The van der Waals surface area contributed by atoms with E-state index in [9.17, 15) is 14.9 Å². The summed E-state index contributed by atoms with van der Waals surface area (Å²) in [5.74, 6) is -0.576. The van der Waals surface area contributed by atoms with Crippen LogP contribution in [-0.2, 0) is 0 Å². The highest BCUT2D eigenvalue weighted by atomic mass is 16.6. The zero-order valence-corrected chi connectivity index (χ0v) is 13.4. The summed E-state index contributed by atoms with van der Waals surface area (Å²) in [6, 6.07) is 15.9. The Bertz CT molecular complexity index is 1170. The van der Waals surface area contributed by atoms with Gasteiger partial charge in [0.25, 0.3) is 5.91 Å². The number of hydrogen-bond acceptors (Lipinski definition) is 5. The van der Waals surface area contributed by atoms with Crippen LogP contribution in [0.2, 0.25) is 0 Å². The Morgan fingerprint density at radius 3 is 2.65 bits per heavy atom. The molecule has 0 spiro atoms. The van der Waals surface area contributed by atoms with Crippen molar-refractivity contribution in [2.75, 3.05) is 5.32 Å². The number of nitrogens with one attached hydrogen (secondary N) is 1. The summed E-state index contributed by atoms with van der Waals surface area (Å²) in [6.07, 6.45) is 2.74. The zero-order valence-electron chi connectivity index (χ0n) is 13.4. The molecular weight excluding hydrogens is 332 g/mol. The van der Waals surface area contributed by atoms with Gasteiger partial charge in [0.1, 0.15) is 11.8 Å². The van der Waals surface area contributed by atoms with Gasteiger partial charge in [-0.2, -0.15) is 0 Å². The number of nitrogens with zero attached hydrogens (tertiary/aromatic N) is 3. The molecule has 1 amide bonds. The number of fused-ring (bicyclic) bond motifs is 2. The number of hydrogen-bond donors (Lipinski definition) is 1. The maximum absolute atomic E-state index is 12.9. The number of amides is 1. The van der Waals surface area contributed by atoms with Crippen LogP contribution in [0.25, 0.3) is 21.8 Å². The fourth-order valence-corrected chi connectivity index (χ4v) is 2.90. The molecule has 0 fully saturated rings. The SMILES string of the molecule is O=C(Nc1cccc2cccnc12)c1c([N+](=O)[O-])cnc2ccccc12. The van der Waals surface area contributed by atoms with Crippen molar-refractivity contribution in [2.24, 2.45) is 0 Å². The smallest absolute Gasteiger partial charge is 0.300 e. The van der Waals surface area contributed by atoms with Crippen LogP contribution in [0.1, 0.15) is 10.4 Å². The van der Waals surface area contributed by atoms with Gasteiger partial charge in [0, 0.05) is 17.0 Å². The van der Waals surface area contributed by atoms with Crippen LogP contribution in [0.5, 0.6) is 0 Å². The van der Waals surface area contributed by atoms with Gasteiger partial charge in [0.2, 0.25) is 0 Å². The molecule has 7 nitrogen and oxygen atoms in total. The first kappa shape index (κ1) is 15.6. The van der Waals surface area contributed by atoms with Crippen molar-refractivity contribution >= 4 is 39.1 Å². The number of carbonyl (C=O) groups is 1. The van der Waals surface area contributed by atoms with Crippen LogP contribution in [0, 0.1) is 10.1 Å². The summed E-state index contributed by atoms with van der Waals surface area (Å²) in [5.41, 5.74) is 1.26. The number of pyridine rings is 2. The standard InChI is InChI=1S/C19H12N4O3/c24-19(22-15-9-3-5-12-6-4-10-20-18(12)15)17-13-7-1-2-8-14(13)21-11-16(17)23(25)26/h1-11H,(H,22,24). The Balaban J connectivity index is 1.86. The lowest BCUT2D eigenvalue weighted by Gasteiger charge is -2.10. The van der Waals surface area contributed by atoms with E-state index in [1.165, 1.54) is 0 Å². The van der Waals surface area contributed by atoms with Crippen molar-refractivity contribution in [2.45, 2.75) is 0 Å². The monoisotopic (exact) mass is 344 g/mol. The molecule has 0 atom stereocenters. The normalized spacial score (nSPS) is 10.8. The molecule has 0 aliphatic heterocycles. The molecule has 126 valence electrons. The van der Waals surface area contributed by atoms with Crippen molar-refractivity contribution in [3.05, 3.63) is 82.7 Å². The number of anilines is 1. The molecule has 2 heterocycles. The van der Waals surface area contributed by atoms with Gasteiger partial charge in [-0.25, -0.2) is 4.98 Å². The Labute approximate surface area is 147 Å². The summed E-state index contributed by atoms with van der Waals surface area (Å²) < 4.78 is 0. The lowest BCUT2D eigenvalue weighted by molar-refractivity contribution is -0.385. The maximum atomic E-state index is 12.9. The molecule has 0 unspecified atom stereocenters. The van der Waals surface area contributed by atoms with Crippen molar-refractivity contribution in [3.8, 4) is 0 Å². The molecule has 0 radical (unpaired) electrons. The maximum Gasteiger partial charge on any atom is 0.300 e. The fourth-order valence-electron chi connectivity index (χ4n) is 2.90. The summed E-state index contributed by atoms with van der Waals surface area (Å²) in [5, 5.41) is 15.4. The third-order valence-electron chi connectivity index (χ3n) is 4.06. The summed E-state index contributed by atoms with van der Waals surface area (Å²) in [6.45, 7) is 0. The van der Waals surface area contributed by atoms with Gasteiger partial charge in [-0.1, -0.05) is 36.4 Å². The predicted molar refractivity (Wildman–Crippen MR) is 98.1 cm³/mol. The van der Waals surface area contributed by atoms with E-state index in [0.717, 1.165) is 11.6 Å². The van der Waals surface area contributed by atoms with Gasteiger partial charge < -0.3 is 5.32 Å². The van der Waals surface area contributed by atoms with Crippen molar-refractivity contribution < 1.29 is 9.72 Å². The molecule has 0 saturated carbocycles. The summed E-state index contributed by atoms with van der Waals surface area (Å²) in [4.78, 5) is 32.1. The molecule has 4 rings (SSSR count). The van der Waals surface area contributed by atoms with Crippen molar-refractivity contribution in [1.29, 1.82) is 0 Å². The van der Waals surface area contributed by atoms with Gasteiger partial charge in [-0.15, -0.1) is 0 Å². The minimum Gasteiger partial charge on any atom is -0.320 e. The average molecular weight is 344 g/mol. The van der Waals surface area contributed by atoms with Crippen LogP contribution in [-0.4, -0.2) is 20.8 Å². The Morgan fingerprint density at radius 2 is 1.81 bits per heavy atom. The number of aromatic nitrogens is 2. The van der Waals surface area contributed by atoms with E-state index in [1.807, 2.05) is 12.1 Å². The Morgan fingerprint density at radius 1 is 1.00 bits per heavy atom. The molecular formula is C19H12N4O3. The van der Waals surface area contributed by atoms with Gasteiger partial charge in [-0.05, 0) is 18.2 Å². The molecule has 0 aliphatic rings. The van der Waals surface area contributed by atoms with E-state index < -0.39 is 10.8 Å². The molecule has 26 heavy (non-hydrogen) atoms. The summed E-state index contributed by atoms with van der Waals surface area (Å²) >= 11 is 0. The minimum atomic E-state index is -0.601. The Kier molecular flexibility index (Phi) is 3.74. The van der Waals surface area contributed by atoms with E-state index in [4.69, 9.17) is 0 Å². The van der Waals surface area contributed by atoms with Gasteiger partial charge in [-0.3, -0.25) is 19.9 Å². The van der Waals surface area contributed by atoms with Crippen LogP contribution in [0.15, 0.2) is 67.0 Å². The first-order valence-corrected chi connectivity index (χ1v) is 7.82. The minimum absolute atomic E-state index is 0.0199. The molecule has 2 aromatic carbocycles. The fraction of sp³-hybridized carbons (Fsp3) is 0. The number of rotatable bonds is 3. The van der Waals surface area contributed by atoms with E-state index in [2.05, 4.69) is 15.3 Å². The average Bonchev–Trinajstić information content (AvgIpc) is 2.67. The van der Waals surface area contributed by atoms with Crippen molar-refractivity contribution in [3.63, 3.8) is 0 Å². The molecule has 0 bridgehead atoms. The topological polar surface area (TPSA) is 98.0 Å². The molecule has 7 heteroatoms. The van der Waals surface area contributed by atoms with Gasteiger partial charge >= 0.3 is 5.69 Å². The van der Waals surface area contributed by atoms with Crippen molar-refractivity contribution in [1.82, 2.24) is 9.97 Å². The number of nitro groups is 1. The second kappa shape index (κ2) is 6.21. The number of benzene rings is 2. The molecule has 1 N–H and O–H groups in total. The highest BCUT2D eigenvalue weighted by molar-refractivity contribution is 6.16. The summed E-state index contributed by atoms with van der Waals surface area (Å²) in [7, 11) is 0. The van der Waals surface area contributed by atoms with E-state index in [0.29, 0.717) is 22.1 Å². The lowest BCUT2D eigenvalue weighted by Crippen LogP contribution is -2.15. The number of carbonyl (C=O) groups excluding carboxylic acids is 1. The van der Waals surface area contributed by atoms with Crippen LogP contribution in [0.4, 0.5) is 11.4 Å². The molecule has 0 saturated heterocycles. The first-order valence-electron chi connectivity index (χ1n) is 7.82. The predicted octanol–water partition coefficient (Wildman–Crippen LogP) is 3.94. The van der Waals surface area contributed by atoms with E-state index in [-0.39, 0.29) is 11.3 Å².